The van der Waals surface area contributed by atoms with Crippen molar-refractivity contribution in [2.24, 2.45) is 0 Å². The summed E-state index contributed by atoms with van der Waals surface area (Å²) >= 11 is 1.54. The van der Waals surface area contributed by atoms with Gasteiger partial charge in [-0.2, -0.15) is 0 Å². The minimum atomic E-state index is 0.00143. The average molecular weight is 371 g/mol. The van der Waals surface area contributed by atoms with Gasteiger partial charge in [0.2, 0.25) is 5.91 Å². The van der Waals surface area contributed by atoms with Crippen LogP contribution in [0.1, 0.15) is 35.3 Å². The summed E-state index contributed by atoms with van der Waals surface area (Å²) in [5.41, 5.74) is 2.84. The van der Waals surface area contributed by atoms with Crippen molar-refractivity contribution in [1.29, 1.82) is 0 Å². The van der Waals surface area contributed by atoms with E-state index in [2.05, 4.69) is 5.32 Å². The molecule has 0 aliphatic rings. The minimum Gasteiger partial charge on any atom is -0.351 e. The second kappa shape index (κ2) is 10.0. The summed E-state index contributed by atoms with van der Waals surface area (Å²) < 4.78 is 0. The van der Waals surface area contributed by atoms with Gasteiger partial charge in [-0.15, -0.1) is 11.8 Å². The van der Waals surface area contributed by atoms with E-state index in [4.69, 9.17) is 0 Å². The smallest absolute Gasteiger partial charge is 0.253 e. The van der Waals surface area contributed by atoms with E-state index in [0.717, 1.165) is 10.5 Å². The Morgan fingerprint density at radius 2 is 1.65 bits per heavy atom. The lowest BCUT2D eigenvalue weighted by molar-refractivity contribution is -0.118. The molecule has 0 saturated heterocycles. The lowest BCUT2D eigenvalue weighted by Gasteiger charge is -2.18. The van der Waals surface area contributed by atoms with Gasteiger partial charge in [-0.1, -0.05) is 30.3 Å². The molecule has 2 aromatic rings. The van der Waals surface area contributed by atoms with Gasteiger partial charge in [0, 0.05) is 30.1 Å². The van der Waals surface area contributed by atoms with Crippen LogP contribution in [0, 0.1) is 6.92 Å². The highest BCUT2D eigenvalue weighted by Crippen LogP contribution is 2.21. The Balaban J connectivity index is 1.83. The third-order valence-electron chi connectivity index (χ3n) is 4.19. The largest absolute Gasteiger partial charge is 0.351 e. The first-order valence-corrected chi connectivity index (χ1v) is 9.87. The van der Waals surface area contributed by atoms with Crippen molar-refractivity contribution >= 4 is 23.6 Å². The summed E-state index contributed by atoms with van der Waals surface area (Å²) in [4.78, 5) is 27.3. The van der Waals surface area contributed by atoms with E-state index < -0.39 is 0 Å². The van der Waals surface area contributed by atoms with Crippen LogP contribution in [-0.4, -0.2) is 35.6 Å². The topological polar surface area (TPSA) is 49.4 Å². The van der Waals surface area contributed by atoms with Crippen LogP contribution in [0.25, 0.3) is 0 Å². The first kappa shape index (κ1) is 20.0. The average Bonchev–Trinajstić information content (AvgIpc) is 2.67. The van der Waals surface area contributed by atoms with E-state index in [1.807, 2.05) is 69.3 Å². The fourth-order valence-electron chi connectivity index (χ4n) is 2.57. The fourth-order valence-corrected chi connectivity index (χ4v) is 3.43. The Hall–Kier alpha value is -2.27. The van der Waals surface area contributed by atoms with Crippen LogP contribution in [0.2, 0.25) is 0 Å². The Morgan fingerprint density at radius 1 is 1.00 bits per heavy atom. The van der Waals surface area contributed by atoms with Crippen molar-refractivity contribution < 1.29 is 9.59 Å². The molecule has 0 fully saturated rings. The molecule has 0 aliphatic heterocycles. The molecule has 0 radical (unpaired) electrons. The van der Waals surface area contributed by atoms with E-state index >= 15 is 0 Å². The Morgan fingerprint density at radius 3 is 2.27 bits per heavy atom. The monoisotopic (exact) mass is 370 g/mol. The van der Waals surface area contributed by atoms with Gasteiger partial charge in [-0.05, 0) is 50.1 Å². The predicted molar refractivity (Wildman–Crippen MR) is 107 cm³/mol. The summed E-state index contributed by atoms with van der Waals surface area (Å²) in [6.45, 7) is 7.85. The summed E-state index contributed by atoms with van der Waals surface area (Å²) in [6, 6.07) is 15.5. The van der Waals surface area contributed by atoms with Gasteiger partial charge in [-0.25, -0.2) is 0 Å². The molecule has 2 aromatic carbocycles. The number of nitrogens with one attached hydrogen (secondary N) is 1. The second-order valence-corrected chi connectivity index (χ2v) is 7.02. The van der Waals surface area contributed by atoms with Crippen molar-refractivity contribution in [1.82, 2.24) is 10.2 Å². The molecule has 4 nitrogen and oxygen atoms in total. The highest BCUT2D eigenvalue weighted by Gasteiger charge is 2.12. The lowest BCUT2D eigenvalue weighted by atomic mass is 10.1. The van der Waals surface area contributed by atoms with Crippen LogP contribution in [0.4, 0.5) is 0 Å². The summed E-state index contributed by atoms with van der Waals surface area (Å²) in [6.07, 6.45) is 0. The molecule has 1 N–H and O–H groups in total. The standard InChI is InChI=1S/C21H26N2O2S/c1-4-23(5-2)21(25)18-12-10-17(11-13-18)14-22-20(24)15-26-19-9-7-6-8-16(19)3/h6-13H,4-5,14-15H2,1-3H3,(H,22,24). The zero-order valence-electron chi connectivity index (χ0n) is 15.6. The molecular formula is C21H26N2O2S. The number of carbonyl (C=O) groups excluding carboxylic acids is 2. The lowest BCUT2D eigenvalue weighted by Crippen LogP contribution is -2.30. The molecule has 0 aromatic heterocycles. The number of amides is 2. The number of hydrogen-bond acceptors (Lipinski definition) is 3. The zero-order valence-corrected chi connectivity index (χ0v) is 16.4. The number of benzene rings is 2. The maximum atomic E-state index is 12.3. The van der Waals surface area contributed by atoms with Crippen LogP contribution in [0.3, 0.4) is 0 Å². The quantitative estimate of drug-likeness (QED) is 0.717. The van der Waals surface area contributed by atoms with E-state index in [9.17, 15) is 9.59 Å². The van der Waals surface area contributed by atoms with Gasteiger partial charge >= 0.3 is 0 Å². The number of carbonyl (C=O) groups is 2. The molecule has 0 saturated carbocycles. The van der Waals surface area contributed by atoms with Crippen LogP contribution in [-0.2, 0) is 11.3 Å². The molecule has 2 amide bonds. The number of rotatable bonds is 8. The second-order valence-electron chi connectivity index (χ2n) is 6.01. The molecule has 2 rings (SSSR count). The highest BCUT2D eigenvalue weighted by molar-refractivity contribution is 8.00. The van der Waals surface area contributed by atoms with Crippen LogP contribution >= 0.6 is 11.8 Å². The van der Waals surface area contributed by atoms with Crippen LogP contribution < -0.4 is 5.32 Å². The number of hydrogen-bond donors (Lipinski definition) is 1. The Bertz CT molecular complexity index is 740. The van der Waals surface area contributed by atoms with E-state index in [0.29, 0.717) is 31.0 Å². The minimum absolute atomic E-state index is 0.00143. The summed E-state index contributed by atoms with van der Waals surface area (Å²) in [5.74, 6) is 0.436. The summed E-state index contributed by atoms with van der Waals surface area (Å²) in [5, 5.41) is 2.93. The third kappa shape index (κ3) is 5.63. The number of thioether (sulfide) groups is 1. The van der Waals surface area contributed by atoms with Crippen molar-refractivity contribution in [2.75, 3.05) is 18.8 Å². The van der Waals surface area contributed by atoms with Crippen LogP contribution in [0.15, 0.2) is 53.4 Å². The number of nitrogens with zero attached hydrogens (tertiary/aromatic N) is 1. The first-order chi connectivity index (χ1) is 12.5. The van der Waals surface area contributed by atoms with Gasteiger partial charge in [0.25, 0.3) is 5.91 Å². The van der Waals surface area contributed by atoms with Gasteiger partial charge in [0.15, 0.2) is 0 Å². The van der Waals surface area contributed by atoms with E-state index in [1.165, 1.54) is 5.56 Å². The molecule has 26 heavy (non-hydrogen) atoms. The molecule has 0 heterocycles. The molecule has 0 aliphatic carbocycles. The SMILES string of the molecule is CCN(CC)C(=O)c1ccc(CNC(=O)CSc2ccccc2C)cc1. The third-order valence-corrected chi connectivity index (χ3v) is 5.37. The normalized spacial score (nSPS) is 10.4. The van der Waals surface area contributed by atoms with Gasteiger partial charge in [0.1, 0.15) is 0 Å². The number of aryl methyl sites for hydroxylation is 1. The first-order valence-electron chi connectivity index (χ1n) is 8.88. The molecule has 0 bridgehead atoms. The Labute approximate surface area is 160 Å². The summed E-state index contributed by atoms with van der Waals surface area (Å²) in [7, 11) is 0. The van der Waals surface area contributed by atoms with Gasteiger partial charge in [0.05, 0.1) is 5.75 Å². The van der Waals surface area contributed by atoms with E-state index in [1.54, 1.807) is 16.7 Å². The molecule has 0 unspecified atom stereocenters. The van der Waals surface area contributed by atoms with Crippen LogP contribution in [0.5, 0.6) is 0 Å². The Kier molecular flexibility index (Phi) is 7.73. The highest BCUT2D eigenvalue weighted by atomic mass is 32.2. The maximum absolute atomic E-state index is 12.3. The van der Waals surface area contributed by atoms with E-state index in [-0.39, 0.29) is 11.8 Å². The zero-order chi connectivity index (χ0) is 18.9. The fraction of sp³-hybridized carbons (Fsp3) is 0.333. The molecule has 5 heteroatoms. The van der Waals surface area contributed by atoms with Gasteiger partial charge in [-0.3, -0.25) is 9.59 Å². The molecule has 0 spiro atoms. The molecular weight excluding hydrogens is 344 g/mol. The van der Waals surface area contributed by atoms with Crippen molar-refractivity contribution in [3.8, 4) is 0 Å². The molecule has 0 atom stereocenters. The van der Waals surface area contributed by atoms with Gasteiger partial charge < -0.3 is 10.2 Å². The van der Waals surface area contributed by atoms with Crippen molar-refractivity contribution in [3.05, 3.63) is 65.2 Å². The van der Waals surface area contributed by atoms with Crippen molar-refractivity contribution in [2.45, 2.75) is 32.2 Å². The maximum Gasteiger partial charge on any atom is 0.253 e. The molecule has 138 valence electrons. The van der Waals surface area contributed by atoms with Crippen molar-refractivity contribution in [3.63, 3.8) is 0 Å². The predicted octanol–water partition coefficient (Wildman–Crippen LogP) is 3.89.